The number of methoxy groups -OCH3 is 1. The molecule has 0 aromatic heterocycles. The van der Waals surface area contributed by atoms with Gasteiger partial charge in [0.05, 0.1) is 20.1 Å². The zero-order valence-electron chi connectivity index (χ0n) is 18.0. The molecule has 0 bridgehead atoms. The Kier molecular flexibility index (Phi) is 10.1. The molecule has 0 spiro atoms. The van der Waals surface area contributed by atoms with Crippen molar-refractivity contribution < 1.29 is 28.6 Å². The van der Waals surface area contributed by atoms with Crippen molar-refractivity contribution in [3.63, 3.8) is 0 Å². The third kappa shape index (κ3) is 8.90. The average molecular weight is 427 g/mol. The van der Waals surface area contributed by atoms with Crippen LogP contribution < -0.4 is 14.8 Å². The van der Waals surface area contributed by atoms with Gasteiger partial charge in [0.2, 0.25) is 0 Å². The zero-order chi connectivity index (χ0) is 22.5. The summed E-state index contributed by atoms with van der Waals surface area (Å²) in [6, 6.07) is 14.4. The SMILES string of the molecule is CCCOc1ccc(C(=O)CCC(=O)OCC(=O)NCCc2ccc(OC)cc2)cc1. The largest absolute Gasteiger partial charge is 0.497 e. The molecule has 0 atom stereocenters. The molecule has 7 nitrogen and oxygen atoms in total. The van der Waals surface area contributed by atoms with Crippen molar-refractivity contribution in [2.75, 3.05) is 26.9 Å². The van der Waals surface area contributed by atoms with Crippen LogP contribution >= 0.6 is 0 Å². The number of amides is 1. The van der Waals surface area contributed by atoms with Crippen LogP contribution in [0.5, 0.6) is 11.5 Å². The minimum atomic E-state index is -0.582. The van der Waals surface area contributed by atoms with E-state index in [1.54, 1.807) is 31.4 Å². The number of hydrogen-bond donors (Lipinski definition) is 1. The standard InChI is InChI=1S/C24H29NO6/c1-3-16-30-21-10-6-19(7-11-21)22(26)12-13-24(28)31-17-23(27)25-15-14-18-4-8-20(29-2)9-5-18/h4-11H,3,12-17H2,1-2H3,(H,25,27). The van der Waals surface area contributed by atoms with E-state index in [-0.39, 0.29) is 31.1 Å². The molecule has 1 amide bonds. The number of hydrogen-bond acceptors (Lipinski definition) is 6. The van der Waals surface area contributed by atoms with E-state index in [9.17, 15) is 14.4 Å². The monoisotopic (exact) mass is 427 g/mol. The number of rotatable bonds is 13. The van der Waals surface area contributed by atoms with Gasteiger partial charge in [0.15, 0.2) is 12.4 Å². The highest BCUT2D eigenvalue weighted by Crippen LogP contribution is 2.14. The molecule has 2 rings (SSSR count). The maximum Gasteiger partial charge on any atom is 0.306 e. The molecule has 0 saturated heterocycles. The Hall–Kier alpha value is -3.35. The van der Waals surface area contributed by atoms with Gasteiger partial charge in [-0.25, -0.2) is 0 Å². The average Bonchev–Trinajstić information content (AvgIpc) is 2.80. The lowest BCUT2D eigenvalue weighted by molar-refractivity contribution is -0.148. The van der Waals surface area contributed by atoms with Crippen molar-refractivity contribution in [3.05, 3.63) is 59.7 Å². The van der Waals surface area contributed by atoms with Crippen LogP contribution in [0.25, 0.3) is 0 Å². The fourth-order valence-corrected chi connectivity index (χ4v) is 2.72. The van der Waals surface area contributed by atoms with Gasteiger partial charge in [0.1, 0.15) is 11.5 Å². The first-order valence-corrected chi connectivity index (χ1v) is 10.3. The number of carbonyl (C=O) groups is 3. The minimum Gasteiger partial charge on any atom is -0.497 e. The highest BCUT2D eigenvalue weighted by atomic mass is 16.5. The maximum atomic E-state index is 12.2. The zero-order valence-corrected chi connectivity index (χ0v) is 18.0. The van der Waals surface area contributed by atoms with E-state index in [1.165, 1.54) is 0 Å². The molecule has 0 fully saturated rings. The summed E-state index contributed by atoms with van der Waals surface area (Å²) in [7, 11) is 1.60. The first-order valence-electron chi connectivity index (χ1n) is 10.3. The Labute approximate surface area is 182 Å². The molecule has 0 saturated carbocycles. The predicted octanol–water partition coefficient (Wildman–Crippen LogP) is 3.35. The summed E-state index contributed by atoms with van der Waals surface area (Å²) in [5, 5.41) is 2.70. The summed E-state index contributed by atoms with van der Waals surface area (Å²) in [6.45, 7) is 2.70. The van der Waals surface area contributed by atoms with Crippen LogP contribution in [-0.4, -0.2) is 44.5 Å². The molecule has 1 N–H and O–H groups in total. The van der Waals surface area contributed by atoms with Crippen molar-refractivity contribution in [2.45, 2.75) is 32.6 Å². The van der Waals surface area contributed by atoms with Crippen LogP contribution in [0, 0.1) is 0 Å². The predicted molar refractivity (Wildman–Crippen MR) is 116 cm³/mol. The van der Waals surface area contributed by atoms with Gasteiger partial charge in [-0.15, -0.1) is 0 Å². The highest BCUT2D eigenvalue weighted by molar-refractivity contribution is 5.97. The molecule has 31 heavy (non-hydrogen) atoms. The van der Waals surface area contributed by atoms with Crippen LogP contribution in [-0.2, 0) is 20.7 Å². The number of Topliss-reactive ketones (excluding diaryl/α,β-unsaturated/α-hetero) is 1. The second-order valence-corrected chi connectivity index (χ2v) is 6.90. The molecule has 2 aromatic rings. The molecule has 2 aromatic carbocycles. The highest BCUT2D eigenvalue weighted by Gasteiger charge is 2.12. The number of nitrogens with one attached hydrogen (secondary N) is 1. The quantitative estimate of drug-likeness (QED) is 0.389. The Morgan fingerprint density at radius 1 is 0.903 bits per heavy atom. The number of benzene rings is 2. The van der Waals surface area contributed by atoms with Crippen LogP contribution in [0.4, 0.5) is 0 Å². The van der Waals surface area contributed by atoms with Crippen molar-refractivity contribution >= 4 is 17.7 Å². The lowest BCUT2D eigenvalue weighted by atomic mass is 10.1. The fourth-order valence-electron chi connectivity index (χ4n) is 2.72. The summed E-state index contributed by atoms with van der Waals surface area (Å²) in [6.07, 6.45) is 1.50. The van der Waals surface area contributed by atoms with Crippen molar-refractivity contribution in [2.24, 2.45) is 0 Å². The van der Waals surface area contributed by atoms with E-state index in [1.807, 2.05) is 31.2 Å². The number of carbonyl (C=O) groups excluding carboxylic acids is 3. The van der Waals surface area contributed by atoms with Crippen molar-refractivity contribution in [1.82, 2.24) is 5.32 Å². The summed E-state index contributed by atoms with van der Waals surface area (Å²) >= 11 is 0. The summed E-state index contributed by atoms with van der Waals surface area (Å²) in [4.78, 5) is 35.8. The topological polar surface area (TPSA) is 90.9 Å². The van der Waals surface area contributed by atoms with E-state index in [0.29, 0.717) is 30.9 Å². The van der Waals surface area contributed by atoms with Crippen LogP contribution in [0.1, 0.15) is 42.1 Å². The molecule has 7 heteroatoms. The second-order valence-electron chi connectivity index (χ2n) is 6.90. The molecule has 0 aliphatic heterocycles. The van der Waals surface area contributed by atoms with E-state index in [0.717, 1.165) is 17.7 Å². The molecule has 0 aliphatic rings. The second kappa shape index (κ2) is 13.1. The van der Waals surface area contributed by atoms with Crippen LogP contribution in [0.3, 0.4) is 0 Å². The van der Waals surface area contributed by atoms with Crippen molar-refractivity contribution in [1.29, 1.82) is 0 Å². The van der Waals surface area contributed by atoms with Gasteiger partial charge < -0.3 is 19.5 Å². The lowest BCUT2D eigenvalue weighted by Gasteiger charge is -2.08. The molecule has 166 valence electrons. The van der Waals surface area contributed by atoms with Gasteiger partial charge in [-0.2, -0.15) is 0 Å². The van der Waals surface area contributed by atoms with Crippen LogP contribution in [0.2, 0.25) is 0 Å². The molecule has 0 unspecified atom stereocenters. The minimum absolute atomic E-state index is 0.0209. The third-order valence-corrected chi connectivity index (χ3v) is 4.46. The van der Waals surface area contributed by atoms with E-state index < -0.39 is 5.97 Å². The normalized spacial score (nSPS) is 10.3. The van der Waals surface area contributed by atoms with Gasteiger partial charge in [0, 0.05) is 18.5 Å². The smallest absolute Gasteiger partial charge is 0.306 e. The maximum absolute atomic E-state index is 12.2. The number of ketones is 1. The first-order chi connectivity index (χ1) is 15.0. The molecule has 0 heterocycles. The molecule has 0 aliphatic carbocycles. The van der Waals surface area contributed by atoms with Gasteiger partial charge in [-0.3, -0.25) is 14.4 Å². The Balaban J connectivity index is 1.62. The fraction of sp³-hybridized carbons (Fsp3) is 0.375. The Morgan fingerprint density at radius 2 is 1.58 bits per heavy atom. The van der Waals surface area contributed by atoms with E-state index in [4.69, 9.17) is 14.2 Å². The van der Waals surface area contributed by atoms with Crippen LogP contribution in [0.15, 0.2) is 48.5 Å². The van der Waals surface area contributed by atoms with Gasteiger partial charge in [-0.1, -0.05) is 19.1 Å². The van der Waals surface area contributed by atoms with E-state index >= 15 is 0 Å². The number of esters is 1. The van der Waals surface area contributed by atoms with Gasteiger partial charge in [0.25, 0.3) is 5.91 Å². The van der Waals surface area contributed by atoms with Gasteiger partial charge >= 0.3 is 5.97 Å². The lowest BCUT2D eigenvalue weighted by Crippen LogP contribution is -2.30. The van der Waals surface area contributed by atoms with Crippen molar-refractivity contribution in [3.8, 4) is 11.5 Å². The Bertz CT molecular complexity index is 845. The number of ether oxygens (including phenoxy) is 3. The first kappa shape index (κ1) is 23.9. The molecular formula is C24H29NO6. The summed E-state index contributed by atoms with van der Waals surface area (Å²) in [5.74, 6) is 0.354. The molecular weight excluding hydrogens is 398 g/mol. The van der Waals surface area contributed by atoms with E-state index in [2.05, 4.69) is 5.32 Å². The van der Waals surface area contributed by atoms with Gasteiger partial charge in [-0.05, 0) is 54.8 Å². The molecule has 0 radical (unpaired) electrons. The Morgan fingerprint density at radius 3 is 2.23 bits per heavy atom. The third-order valence-electron chi connectivity index (χ3n) is 4.46. The summed E-state index contributed by atoms with van der Waals surface area (Å²) in [5.41, 5.74) is 1.56. The summed E-state index contributed by atoms with van der Waals surface area (Å²) < 4.78 is 15.5.